The number of para-hydroxylation sites is 1. The summed E-state index contributed by atoms with van der Waals surface area (Å²) in [7, 11) is 0. The average Bonchev–Trinajstić information content (AvgIpc) is 2.40. The van der Waals surface area contributed by atoms with Crippen molar-refractivity contribution in [3.8, 4) is 11.5 Å². The Bertz CT molecular complexity index is 669. The number of nitrogens with one attached hydrogen (secondary N) is 1. The predicted octanol–water partition coefficient (Wildman–Crippen LogP) is 3.27. The van der Waals surface area contributed by atoms with Crippen LogP contribution in [0.2, 0.25) is 0 Å². The van der Waals surface area contributed by atoms with Crippen molar-refractivity contribution in [2.45, 2.75) is 12.5 Å². The number of rotatable bonds is 4. The van der Waals surface area contributed by atoms with Gasteiger partial charge >= 0.3 is 5.97 Å². The van der Waals surface area contributed by atoms with Crippen molar-refractivity contribution in [2.75, 3.05) is 5.32 Å². The molecule has 2 aromatic rings. The van der Waals surface area contributed by atoms with Gasteiger partial charge in [-0.25, -0.2) is 4.79 Å². The van der Waals surface area contributed by atoms with E-state index < -0.39 is 11.5 Å². The largest absolute Gasteiger partial charge is 0.508 e. The molecule has 0 radical (unpaired) electrons. The number of anilines is 1. The summed E-state index contributed by atoms with van der Waals surface area (Å²) in [6, 6.07) is 10.8. The molecule has 0 spiro atoms. The Morgan fingerprint density at radius 1 is 1.14 bits per heavy atom. The quantitative estimate of drug-likeness (QED) is 0.678. The van der Waals surface area contributed by atoms with E-state index in [9.17, 15) is 20.1 Å². The molecular weight excluding hydrogens is 338 g/mol. The SMILES string of the molecule is CC(Nc1ccccc1Br)(C(=O)O)c1cc(O)cc(O)c1. The first-order chi connectivity index (χ1) is 9.83. The normalized spacial score (nSPS) is 13.4. The number of hydrogen-bond acceptors (Lipinski definition) is 4. The van der Waals surface area contributed by atoms with Gasteiger partial charge in [-0.15, -0.1) is 0 Å². The van der Waals surface area contributed by atoms with Crippen molar-refractivity contribution in [1.82, 2.24) is 0 Å². The van der Waals surface area contributed by atoms with Crippen LogP contribution in [-0.2, 0) is 10.3 Å². The molecule has 6 heteroatoms. The van der Waals surface area contributed by atoms with Crippen molar-refractivity contribution < 1.29 is 20.1 Å². The molecule has 4 N–H and O–H groups in total. The van der Waals surface area contributed by atoms with Crippen LogP contribution in [0.4, 0.5) is 5.69 Å². The lowest BCUT2D eigenvalue weighted by Gasteiger charge is -2.28. The minimum absolute atomic E-state index is 0.202. The molecule has 0 bridgehead atoms. The second-order valence-electron chi connectivity index (χ2n) is 4.77. The van der Waals surface area contributed by atoms with Crippen molar-refractivity contribution in [1.29, 1.82) is 0 Å². The van der Waals surface area contributed by atoms with Gasteiger partial charge in [-0.1, -0.05) is 12.1 Å². The zero-order chi connectivity index (χ0) is 15.6. The maximum absolute atomic E-state index is 11.7. The van der Waals surface area contributed by atoms with E-state index in [1.807, 2.05) is 6.07 Å². The highest BCUT2D eigenvalue weighted by molar-refractivity contribution is 9.10. The molecule has 0 amide bonds. The summed E-state index contributed by atoms with van der Waals surface area (Å²) >= 11 is 3.35. The number of halogens is 1. The molecule has 0 saturated carbocycles. The number of carboxylic acid groups (broad SMARTS) is 1. The summed E-state index contributed by atoms with van der Waals surface area (Å²) in [5, 5.41) is 31.6. The molecule has 110 valence electrons. The Hall–Kier alpha value is -2.21. The molecule has 2 rings (SSSR count). The van der Waals surface area contributed by atoms with Gasteiger partial charge in [0, 0.05) is 16.2 Å². The summed E-state index contributed by atoms with van der Waals surface area (Å²) in [6.45, 7) is 1.46. The highest BCUT2D eigenvalue weighted by atomic mass is 79.9. The van der Waals surface area contributed by atoms with E-state index in [2.05, 4.69) is 21.2 Å². The van der Waals surface area contributed by atoms with Gasteiger partial charge < -0.3 is 20.6 Å². The Morgan fingerprint density at radius 3 is 2.24 bits per heavy atom. The number of aliphatic carboxylic acids is 1. The summed E-state index contributed by atoms with van der Waals surface area (Å²) in [5.74, 6) is -1.54. The molecule has 0 heterocycles. The van der Waals surface area contributed by atoms with Crippen LogP contribution in [0.15, 0.2) is 46.9 Å². The van der Waals surface area contributed by atoms with E-state index in [-0.39, 0.29) is 17.1 Å². The first kappa shape index (κ1) is 15.2. The highest BCUT2D eigenvalue weighted by Crippen LogP contribution is 2.34. The zero-order valence-corrected chi connectivity index (χ0v) is 12.8. The number of phenols is 2. The van der Waals surface area contributed by atoms with Gasteiger partial charge in [0.2, 0.25) is 0 Å². The fourth-order valence-corrected chi connectivity index (χ4v) is 2.35. The second kappa shape index (κ2) is 5.65. The summed E-state index contributed by atoms with van der Waals surface area (Å²) < 4.78 is 0.710. The van der Waals surface area contributed by atoms with Crippen molar-refractivity contribution in [2.24, 2.45) is 0 Å². The third kappa shape index (κ3) is 3.11. The molecule has 0 aliphatic carbocycles. The lowest BCUT2D eigenvalue weighted by molar-refractivity contribution is -0.142. The number of aromatic hydroxyl groups is 2. The topological polar surface area (TPSA) is 89.8 Å². The third-order valence-electron chi connectivity index (χ3n) is 3.17. The van der Waals surface area contributed by atoms with Crippen LogP contribution in [0.25, 0.3) is 0 Å². The van der Waals surface area contributed by atoms with E-state index in [1.165, 1.54) is 19.1 Å². The molecule has 5 nitrogen and oxygen atoms in total. The Morgan fingerprint density at radius 2 is 1.71 bits per heavy atom. The third-order valence-corrected chi connectivity index (χ3v) is 3.86. The van der Waals surface area contributed by atoms with Gasteiger partial charge in [-0.2, -0.15) is 0 Å². The van der Waals surface area contributed by atoms with Crippen molar-refractivity contribution >= 4 is 27.6 Å². The van der Waals surface area contributed by atoms with Crippen LogP contribution in [0.1, 0.15) is 12.5 Å². The molecule has 2 aromatic carbocycles. The minimum Gasteiger partial charge on any atom is -0.508 e. The van der Waals surface area contributed by atoms with E-state index in [1.54, 1.807) is 18.2 Å². The molecular formula is C15H14BrNO4. The van der Waals surface area contributed by atoms with Gasteiger partial charge in [0.05, 0.1) is 0 Å². The van der Waals surface area contributed by atoms with E-state index in [0.29, 0.717) is 10.2 Å². The highest BCUT2D eigenvalue weighted by Gasteiger charge is 2.36. The predicted molar refractivity (Wildman–Crippen MR) is 82.5 cm³/mol. The second-order valence-corrected chi connectivity index (χ2v) is 5.63. The fraction of sp³-hybridized carbons (Fsp3) is 0.133. The average molecular weight is 352 g/mol. The first-order valence-electron chi connectivity index (χ1n) is 6.12. The Labute approximate surface area is 130 Å². The van der Waals surface area contributed by atoms with Crippen LogP contribution in [0, 0.1) is 0 Å². The van der Waals surface area contributed by atoms with Gasteiger partial charge in [0.1, 0.15) is 11.5 Å². The lowest BCUT2D eigenvalue weighted by atomic mass is 9.91. The van der Waals surface area contributed by atoms with Gasteiger partial charge in [-0.3, -0.25) is 0 Å². The Kier molecular flexibility index (Phi) is 4.09. The number of hydrogen-bond donors (Lipinski definition) is 4. The van der Waals surface area contributed by atoms with Crippen LogP contribution in [0.5, 0.6) is 11.5 Å². The lowest BCUT2D eigenvalue weighted by Crippen LogP contribution is -2.40. The maximum Gasteiger partial charge on any atom is 0.333 e. The van der Waals surface area contributed by atoms with Gasteiger partial charge in [0.15, 0.2) is 5.54 Å². The van der Waals surface area contributed by atoms with Crippen LogP contribution in [0.3, 0.4) is 0 Å². The standard InChI is InChI=1S/C15H14BrNO4/c1-15(14(20)21,9-6-10(18)8-11(19)7-9)17-13-5-3-2-4-12(13)16/h2-8,17-19H,1H3,(H,20,21). The molecule has 0 fully saturated rings. The molecule has 0 saturated heterocycles. The molecule has 1 atom stereocenters. The molecule has 0 aromatic heterocycles. The fourth-order valence-electron chi connectivity index (χ4n) is 1.96. The molecule has 21 heavy (non-hydrogen) atoms. The van der Waals surface area contributed by atoms with Crippen molar-refractivity contribution in [3.05, 3.63) is 52.5 Å². The number of benzene rings is 2. The van der Waals surface area contributed by atoms with Crippen LogP contribution < -0.4 is 5.32 Å². The summed E-state index contributed by atoms with van der Waals surface area (Å²) in [4.78, 5) is 11.7. The molecule has 0 aliphatic rings. The smallest absolute Gasteiger partial charge is 0.333 e. The summed E-state index contributed by atoms with van der Waals surface area (Å²) in [6.07, 6.45) is 0. The van der Waals surface area contributed by atoms with Gasteiger partial charge in [0.25, 0.3) is 0 Å². The van der Waals surface area contributed by atoms with E-state index >= 15 is 0 Å². The van der Waals surface area contributed by atoms with Gasteiger partial charge in [-0.05, 0) is 52.7 Å². The van der Waals surface area contributed by atoms with E-state index in [4.69, 9.17) is 0 Å². The molecule has 0 aliphatic heterocycles. The Balaban J connectivity index is 2.50. The maximum atomic E-state index is 11.7. The number of phenolic OH excluding ortho intramolecular Hbond substituents is 2. The van der Waals surface area contributed by atoms with Crippen LogP contribution >= 0.6 is 15.9 Å². The molecule has 1 unspecified atom stereocenters. The minimum atomic E-state index is -1.51. The first-order valence-corrected chi connectivity index (χ1v) is 6.92. The monoisotopic (exact) mass is 351 g/mol. The summed E-state index contributed by atoms with van der Waals surface area (Å²) in [5.41, 5.74) is -0.686. The van der Waals surface area contributed by atoms with E-state index in [0.717, 1.165) is 6.07 Å². The van der Waals surface area contributed by atoms with Crippen molar-refractivity contribution in [3.63, 3.8) is 0 Å². The zero-order valence-electron chi connectivity index (χ0n) is 11.2. The van der Waals surface area contributed by atoms with Crippen LogP contribution in [-0.4, -0.2) is 21.3 Å². The number of carbonyl (C=O) groups is 1. The number of carboxylic acids is 1.